The minimum absolute atomic E-state index is 0.0136. The summed E-state index contributed by atoms with van der Waals surface area (Å²) in [6, 6.07) is 12.5. The monoisotopic (exact) mass is 645 g/mol. The fourth-order valence-electron chi connectivity index (χ4n) is 7.14. The number of phenolic OH excluding ortho intramolecular Hbond substituents is 1. The number of halogens is 2. The molecule has 0 saturated carbocycles. The van der Waals surface area contributed by atoms with Crippen LogP contribution >= 0.6 is 11.6 Å². The first-order valence-corrected chi connectivity index (χ1v) is 15.9. The predicted molar refractivity (Wildman–Crippen MR) is 178 cm³/mol. The zero-order valence-corrected chi connectivity index (χ0v) is 27.3. The van der Waals surface area contributed by atoms with Gasteiger partial charge in [-0.1, -0.05) is 35.9 Å². The number of carbonyl (C=O) groups is 2. The van der Waals surface area contributed by atoms with Crippen LogP contribution in [0.5, 0.6) is 5.75 Å². The highest BCUT2D eigenvalue weighted by Crippen LogP contribution is 2.53. The molecule has 4 heterocycles. The Labute approximate surface area is 271 Å². The second kappa shape index (κ2) is 10.7. The van der Waals surface area contributed by atoms with Crippen molar-refractivity contribution < 1.29 is 23.8 Å². The van der Waals surface area contributed by atoms with Crippen molar-refractivity contribution in [3.8, 4) is 16.9 Å². The number of benzene rings is 3. The van der Waals surface area contributed by atoms with Crippen LogP contribution in [0.25, 0.3) is 32.8 Å². The van der Waals surface area contributed by atoms with Crippen molar-refractivity contribution in [2.24, 2.45) is 0 Å². The van der Waals surface area contributed by atoms with Crippen LogP contribution in [0.4, 0.5) is 20.7 Å². The van der Waals surface area contributed by atoms with Crippen molar-refractivity contribution in [1.82, 2.24) is 14.8 Å². The van der Waals surface area contributed by atoms with E-state index in [4.69, 9.17) is 21.3 Å². The van der Waals surface area contributed by atoms with Crippen molar-refractivity contribution in [2.75, 3.05) is 50.5 Å². The molecule has 1 unspecified atom stereocenters. The molecular formula is C35H37ClFN5O4. The van der Waals surface area contributed by atoms with Gasteiger partial charge < -0.3 is 29.9 Å². The standard InChI is InChI=1S/C35H37ClFN5O4/c1-34(2,3)46-33(45)41-12-8-11-35(18-41)27-24-15-25(36)26(23-14-21(43)13-19-9-6-7-10-22(19)23)28(37)29(24)38-31(30(27)39-32(35)44)42-16-20(17-42)40(4)5/h6-7,9-10,13-15,20,43H,8,11-12,16-18H2,1-5H3,(H,39,44). The molecule has 240 valence electrons. The molecule has 3 aliphatic heterocycles. The SMILES string of the molecule is CN(C)C1CN(c2nc3c(F)c(-c4cc(O)cc5ccccc45)c(Cl)cc3c3c2NC(=O)C32CCCN(C(=O)OC(C)(C)C)C2)C1. The number of nitrogens with one attached hydrogen (secondary N) is 1. The third kappa shape index (κ3) is 4.81. The average Bonchev–Trinajstić information content (AvgIpc) is 3.22. The number of aromatic nitrogens is 1. The highest BCUT2D eigenvalue weighted by Gasteiger charge is 2.53. The molecular weight excluding hydrogens is 609 g/mol. The van der Waals surface area contributed by atoms with Crippen molar-refractivity contribution >= 4 is 56.8 Å². The molecule has 4 aromatic rings. The molecule has 0 radical (unpaired) electrons. The lowest BCUT2D eigenvalue weighted by molar-refractivity contribution is -0.122. The van der Waals surface area contributed by atoms with Gasteiger partial charge in [0.1, 0.15) is 16.9 Å². The number of anilines is 2. The van der Waals surface area contributed by atoms with E-state index in [9.17, 15) is 14.7 Å². The second-order valence-electron chi connectivity index (χ2n) is 13.9. The second-order valence-corrected chi connectivity index (χ2v) is 14.3. The van der Waals surface area contributed by atoms with Crippen molar-refractivity contribution in [3.05, 3.63) is 58.9 Å². The van der Waals surface area contributed by atoms with Gasteiger partial charge in [-0.05, 0) is 82.2 Å². The van der Waals surface area contributed by atoms with Crippen molar-refractivity contribution in [2.45, 2.75) is 50.7 Å². The van der Waals surface area contributed by atoms with E-state index in [0.717, 1.165) is 10.8 Å². The van der Waals surface area contributed by atoms with Gasteiger partial charge in [0.2, 0.25) is 5.91 Å². The lowest BCUT2D eigenvalue weighted by Crippen LogP contribution is -2.57. The van der Waals surface area contributed by atoms with Crippen LogP contribution in [0.1, 0.15) is 39.2 Å². The number of likely N-dealkylation sites (tertiary alicyclic amines) is 1. The molecule has 3 aromatic carbocycles. The fourth-order valence-corrected chi connectivity index (χ4v) is 7.43. The third-order valence-electron chi connectivity index (χ3n) is 9.46. The number of fused-ring (bicyclic) bond motifs is 5. The van der Waals surface area contributed by atoms with Gasteiger partial charge in [-0.25, -0.2) is 14.2 Å². The maximum Gasteiger partial charge on any atom is 0.410 e. The molecule has 2 amide bonds. The van der Waals surface area contributed by atoms with Crippen LogP contribution in [0, 0.1) is 5.82 Å². The Morgan fingerprint density at radius 3 is 2.63 bits per heavy atom. The number of hydrogen-bond acceptors (Lipinski definition) is 7. The molecule has 2 fully saturated rings. The molecule has 7 rings (SSSR count). The highest BCUT2D eigenvalue weighted by atomic mass is 35.5. The third-order valence-corrected chi connectivity index (χ3v) is 9.75. The summed E-state index contributed by atoms with van der Waals surface area (Å²) >= 11 is 6.95. The maximum absolute atomic E-state index is 17.1. The van der Waals surface area contributed by atoms with E-state index in [1.165, 1.54) is 6.07 Å². The van der Waals surface area contributed by atoms with Gasteiger partial charge >= 0.3 is 6.09 Å². The quantitative estimate of drug-likeness (QED) is 0.262. The van der Waals surface area contributed by atoms with Crippen LogP contribution in [0.2, 0.25) is 5.02 Å². The van der Waals surface area contributed by atoms with E-state index < -0.39 is 22.9 Å². The summed E-state index contributed by atoms with van der Waals surface area (Å²) in [5.41, 5.74) is -0.0670. The van der Waals surface area contributed by atoms with E-state index in [0.29, 0.717) is 60.5 Å². The number of carbonyl (C=O) groups excluding carboxylic acids is 2. The summed E-state index contributed by atoms with van der Waals surface area (Å²) < 4.78 is 22.8. The zero-order valence-electron chi connectivity index (χ0n) is 26.6. The number of aromatic hydroxyl groups is 1. The van der Waals surface area contributed by atoms with Gasteiger partial charge in [0.25, 0.3) is 0 Å². The molecule has 3 aliphatic rings. The summed E-state index contributed by atoms with van der Waals surface area (Å²) in [6.45, 7) is 7.25. The van der Waals surface area contributed by atoms with Crippen molar-refractivity contribution in [3.63, 3.8) is 0 Å². The van der Waals surface area contributed by atoms with Crippen LogP contribution < -0.4 is 10.2 Å². The normalized spacial score (nSPS) is 20.0. The number of rotatable bonds is 3. The Bertz CT molecular complexity index is 1940. The Morgan fingerprint density at radius 1 is 1.17 bits per heavy atom. The Kier molecular flexibility index (Phi) is 7.10. The zero-order chi connectivity index (χ0) is 32.7. The average molecular weight is 646 g/mol. The molecule has 9 nitrogen and oxygen atoms in total. The number of pyridine rings is 1. The Balaban J connectivity index is 1.46. The first-order valence-electron chi connectivity index (χ1n) is 15.6. The van der Waals surface area contributed by atoms with E-state index in [-0.39, 0.29) is 40.3 Å². The van der Waals surface area contributed by atoms with E-state index in [2.05, 4.69) is 10.2 Å². The van der Waals surface area contributed by atoms with Gasteiger partial charge in [-0.3, -0.25) is 4.79 Å². The minimum atomic E-state index is -1.15. The van der Waals surface area contributed by atoms with Crippen LogP contribution in [-0.4, -0.2) is 83.8 Å². The van der Waals surface area contributed by atoms with Gasteiger partial charge in [0, 0.05) is 48.7 Å². The van der Waals surface area contributed by atoms with Gasteiger partial charge in [-0.15, -0.1) is 0 Å². The first-order chi connectivity index (χ1) is 21.8. The number of ether oxygens (including phenoxy) is 1. The summed E-state index contributed by atoms with van der Waals surface area (Å²) in [5.74, 6) is -0.412. The number of likely N-dealkylation sites (N-methyl/N-ethyl adjacent to an activating group) is 1. The minimum Gasteiger partial charge on any atom is -0.508 e. The van der Waals surface area contributed by atoms with E-state index in [1.54, 1.807) is 37.8 Å². The number of hydrogen-bond donors (Lipinski definition) is 2. The Hall–Kier alpha value is -4.15. The molecule has 1 atom stereocenters. The maximum atomic E-state index is 17.1. The number of phenols is 1. The lowest BCUT2D eigenvalue weighted by atomic mass is 9.73. The summed E-state index contributed by atoms with van der Waals surface area (Å²) in [5, 5.41) is 15.7. The summed E-state index contributed by atoms with van der Waals surface area (Å²) in [7, 11) is 4.02. The molecule has 1 spiro atoms. The van der Waals surface area contributed by atoms with Crippen LogP contribution in [-0.2, 0) is 14.9 Å². The number of nitrogens with zero attached hydrogens (tertiary/aromatic N) is 4. The van der Waals surface area contributed by atoms with E-state index in [1.807, 2.05) is 43.3 Å². The summed E-state index contributed by atoms with van der Waals surface area (Å²) in [4.78, 5) is 38.0. The number of piperidine rings is 1. The van der Waals surface area contributed by atoms with Crippen LogP contribution in [0.3, 0.4) is 0 Å². The smallest absolute Gasteiger partial charge is 0.410 e. The Morgan fingerprint density at radius 2 is 1.91 bits per heavy atom. The lowest BCUT2D eigenvalue weighted by Gasteiger charge is -2.44. The molecule has 11 heteroatoms. The fraction of sp³-hybridized carbons (Fsp3) is 0.400. The summed E-state index contributed by atoms with van der Waals surface area (Å²) in [6.07, 6.45) is 0.522. The van der Waals surface area contributed by atoms with Crippen molar-refractivity contribution in [1.29, 1.82) is 0 Å². The molecule has 2 saturated heterocycles. The number of amides is 2. The predicted octanol–water partition coefficient (Wildman–Crippen LogP) is 6.52. The highest BCUT2D eigenvalue weighted by molar-refractivity contribution is 6.35. The topological polar surface area (TPSA) is 98.2 Å². The van der Waals surface area contributed by atoms with Crippen LogP contribution in [0.15, 0.2) is 42.5 Å². The molecule has 0 bridgehead atoms. The molecule has 46 heavy (non-hydrogen) atoms. The largest absolute Gasteiger partial charge is 0.508 e. The molecule has 2 N–H and O–H groups in total. The molecule has 1 aromatic heterocycles. The van der Waals surface area contributed by atoms with Gasteiger partial charge in [-0.2, -0.15) is 0 Å². The first kappa shape index (κ1) is 30.5. The van der Waals surface area contributed by atoms with Gasteiger partial charge in [0.15, 0.2) is 11.6 Å². The van der Waals surface area contributed by atoms with Gasteiger partial charge in [0.05, 0.1) is 16.1 Å². The molecule has 0 aliphatic carbocycles. The van der Waals surface area contributed by atoms with E-state index >= 15 is 4.39 Å².